The fourth-order valence-electron chi connectivity index (χ4n) is 1.82. The van der Waals surface area contributed by atoms with E-state index in [1.165, 1.54) is 6.08 Å². The molecule has 0 aromatic heterocycles. The summed E-state index contributed by atoms with van der Waals surface area (Å²) < 4.78 is 0.0206. The van der Waals surface area contributed by atoms with E-state index in [9.17, 15) is 9.59 Å². The highest BCUT2D eigenvalue weighted by atomic mass is 32.2. The quantitative estimate of drug-likeness (QED) is 0.762. The standard InChI is InChI=1S/C12H20N2O3S/c1-4-5-9(10(15)16)13-11(17)14-6-7-18-12(2,3)8-14/h4,9H,1,5-8H2,2-3H3,(H,13,17)(H,15,16). The van der Waals surface area contributed by atoms with Crippen molar-refractivity contribution in [2.24, 2.45) is 0 Å². The third kappa shape index (κ3) is 4.25. The molecule has 1 saturated heterocycles. The van der Waals surface area contributed by atoms with Gasteiger partial charge in [0.25, 0.3) is 0 Å². The lowest BCUT2D eigenvalue weighted by Gasteiger charge is -2.37. The van der Waals surface area contributed by atoms with Gasteiger partial charge in [-0.15, -0.1) is 6.58 Å². The Labute approximate surface area is 112 Å². The number of urea groups is 1. The van der Waals surface area contributed by atoms with Crippen molar-refractivity contribution in [3.8, 4) is 0 Å². The maximum atomic E-state index is 12.0. The predicted octanol–water partition coefficient (Wildman–Crippen LogP) is 1.55. The average molecular weight is 272 g/mol. The third-order valence-corrected chi connectivity index (χ3v) is 4.01. The summed E-state index contributed by atoms with van der Waals surface area (Å²) in [6, 6.07) is -1.20. The molecule has 1 rings (SSSR count). The molecule has 1 unspecified atom stereocenters. The van der Waals surface area contributed by atoms with Crippen molar-refractivity contribution in [1.82, 2.24) is 10.2 Å². The van der Waals surface area contributed by atoms with Gasteiger partial charge < -0.3 is 15.3 Å². The number of nitrogens with zero attached hydrogens (tertiary/aromatic N) is 1. The first-order valence-electron chi connectivity index (χ1n) is 5.89. The zero-order chi connectivity index (χ0) is 13.8. The highest BCUT2D eigenvalue weighted by Crippen LogP contribution is 2.29. The van der Waals surface area contributed by atoms with Gasteiger partial charge in [0, 0.05) is 23.6 Å². The summed E-state index contributed by atoms with van der Waals surface area (Å²) in [4.78, 5) is 24.6. The van der Waals surface area contributed by atoms with Gasteiger partial charge in [0.15, 0.2) is 0 Å². The van der Waals surface area contributed by atoms with Gasteiger partial charge in [-0.25, -0.2) is 9.59 Å². The third-order valence-electron chi connectivity index (χ3n) is 2.71. The lowest BCUT2D eigenvalue weighted by Crippen LogP contribution is -2.53. The fraction of sp³-hybridized carbons (Fsp3) is 0.667. The molecule has 2 amide bonds. The van der Waals surface area contributed by atoms with E-state index in [0.717, 1.165) is 5.75 Å². The van der Waals surface area contributed by atoms with Crippen LogP contribution < -0.4 is 5.32 Å². The molecule has 5 nitrogen and oxygen atoms in total. The Morgan fingerprint density at radius 2 is 2.28 bits per heavy atom. The van der Waals surface area contributed by atoms with Crippen molar-refractivity contribution in [2.45, 2.75) is 31.1 Å². The van der Waals surface area contributed by atoms with Crippen LogP contribution in [0.3, 0.4) is 0 Å². The molecule has 1 atom stereocenters. The first kappa shape index (κ1) is 14.9. The number of thioether (sulfide) groups is 1. The normalized spacial score (nSPS) is 20.0. The van der Waals surface area contributed by atoms with E-state index in [1.54, 1.807) is 4.90 Å². The van der Waals surface area contributed by atoms with Crippen molar-refractivity contribution < 1.29 is 14.7 Å². The van der Waals surface area contributed by atoms with Crippen molar-refractivity contribution in [3.63, 3.8) is 0 Å². The van der Waals surface area contributed by atoms with Gasteiger partial charge in [0.05, 0.1) is 0 Å². The maximum Gasteiger partial charge on any atom is 0.326 e. The predicted molar refractivity (Wildman–Crippen MR) is 72.9 cm³/mol. The van der Waals surface area contributed by atoms with Crippen molar-refractivity contribution >= 4 is 23.8 Å². The van der Waals surface area contributed by atoms with Crippen LogP contribution >= 0.6 is 11.8 Å². The SMILES string of the molecule is C=CCC(NC(=O)N1CCSC(C)(C)C1)C(=O)O. The number of aliphatic carboxylic acids is 1. The first-order chi connectivity index (χ1) is 8.35. The molecule has 1 fully saturated rings. The van der Waals surface area contributed by atoms with E-state index in [1.807, 2.05) is 11.8 Å². The van der Waals surface area contributed by atoms with Crippen LogP contribution in [-0.4, -0.2) is 51.6 Å². The fourth-order valence-corrected chi connectivity index (χ4v) is 2.93. The lowest BCUT2D eigenvalue weighted by atomic mass is 10.2. The van der Waals surface area contributed by atoms with Crippen LogP contribution in [0.1, 0.15) is 20.3 Å². The Kier molecular flexibility index (Phi) is 5.07. The highest BCUT2D eigenvalue weighted by molar-refractivity contribution is 8.00. The molecule has 0 radical (unpaired) electrons. The van der Waals surface area contributed by atoms with Crippen molar-refractivity contribution in [1.29, 1.82) is 0 Å². The summed E-state index contributed by atoms with van der Waals surface area (Å²) in [5.41, 5.74) is 0. The molecule has 1 aliphatic heterocycles. The molecule has 0 saturated carbocycles. The molecule has 0 aliphatic carbocycles. The van der Waals surface area contributed by atoms with Crippen LogP contribution in [0.25, 0.3) is 0 Å². The van der Waals surface area contributed by atoms with E-state index in [-0.39, 0.29) is 17.2 Å². The molecule has 2 N–H and O–H groups in total. The van der Waals surface area contributed by atoms with E-state index >= 15 is 0 Å². The van der Waals surface area contributed by atoms with Crippen molar-refractivity contribution in [2.75, 3.05) is 18.8 Å². The van der Waals surface area contributed by atoms with Gasteiger partial charge >= 0.3 is 12.0 Å². The van der Waals surface area contributed by atoms with Crippen LogP contribution in [0.15, 0.2) is 12.7 Å². The molecular weight excluding hydrogens is 252 g/mol. The van der Waals surface area contributed by atoms with Crippen molar-refractivity contribution in [3.05, 3.63) is 12.7 Å². The van der Waals surface area contributed by atoms with Gasteiger partial charge in [-0.1, -0.05) is 6.08 Å². The monoisotopic (exact) mass is 272 g/mol. The highest BCUT2D eigenvalue weighted by Gasteiger charge is 2.31. The topological polar surface area (TPSA) is 69.6 Å². The summed E-state index contributed by atoms with van der Waals surface area (Å²) >= 11 is 1.82. The smallest absolute Gasteiger partial charge is 0.326 e. The molecule has 6 heteroatoms. The van der Waals surface area contributed by atoms with E-state index in [2.05, 4.69) is 25.7 Å². The second-order valence-corrected chi connectivity index (χ2v) is 6.70. The second kappa shape index (κ2) is 6.13. The molecular formula is C12H20N2O3S. The number of carbonyl (C=O) groups is 2. The summed E-state index contributed by atoms with van der Waals surface area (Å²) in [5.74, 6) is -0.159. The van der Waals surface area contributed by atoms with Crippen LogP contribution in [0, 0.1) is 0 Å². The minimum absolute atomic E-state index is 0.0206. The number of hydrogen-bond donors (Lipinski definition) is 2. The number of hydrogen-bond acceptors (Lipinski definition) is 3. The number of rotatable bonds is 4. The van der Waals surface area contributed by atoms with Crippen LogP contribution in [0.4, 0.5) is 4.79 Å². The minimum Gasteiger partial charge on any atom is -0.480 e. The summed E-state index contributed by atoms with van der Waals surface area (Å²) in [7, 11) is 0. The van der Waals surface area contributed by atoms with Gasteiger partial charge in [-0.05, 0) is 20.3 Å². The Morgan fingerprint density at radius 1 is 1.61 bits per heavy atom. The van der Waals surface area contributed by atoms with Gasteiger partial charge in [0.2, 0.25) is 0 Å². The zero-order valence-electron chi connectivity index (χ0n) is 10.8. The van der Waals surface area contributed by atoms with Crippen LogP contribution in [0.2, 0.25) is 0 Å². The van der Waals surface area contributed by atoms with Gasteiger partial charge in [-0.2, -0.15) is 11.8 Å². The second-order valence-electron chi connectivity index (χ2n) is 4.89. The molecule has 1 aliphatic rings. The largest absolute Gasteiger partial charge is 0.480 e. The molecule has 18 heavy (non-hydrogen) atoms. The first-order valence-corrected chi connectivity index (χ1v) is 6.87. The van der Waals surface area contributed by atoms with Gasteiger partial charge in [0.1, 0.15) is 6.04 Å². The molecule has 0 aromatic carbocycles. The Hall–Kier alpha value is -1.17. The van der Waals surface area contributed by atoms with Crippen LogP contribution in [0.5, 0.6) is 0 Å². The summed E-state index contributed by atoms with van der Waals surface area (Å²) in [6.07, 6.45) is 1.72. The van der Waals surface area contributed by atoms with E-state index < -0.39 is 12.0 Å². The molecule has 0 spiro atoms. The Bertz CT molecular complexity index is 344. The summed E-state index contributed by atoms with van der Waals surface area (Å²) in [5, 5.41) is 11.5. The summed E-state index contributed by atoms with van der Waals surface area (Å²) in [6.45, 7) is 8.93. The Morgan fingerprint density at radius 3 is 2.78 bits per heavy atom. The molecule has 0 aromatic rings. The lowest BCUT2D eigenvalue weighted by molar-refractivity contribution is -0.139. The van der Waals surface area contributed by atoms with E-state index in [0.29, 0.717) is 13.1 Å². The van der Waals surface area contributed by atoms with E-state index in [4.69, 9.17) is 5.11 Å². The number of carboxylic acids is 1. The maximum absolute atomic E-state index is 12.0. The zero-order valence-corrected chi connectivity index (χ0v) is 11.6. The number of amides is 2. The molecule has 1 heterocycles. The number of carbonyl (C=O) groups excluding carboxylic acids is 1. The molecule has 0 bridgehead atoms. The molecule has 102 valence electrons. The van der Waals surface area contributed by atoms with Gasteiger partial charge in [-0.3, -0.25) is 0 Å². The average Bonchev–Trinajstić information content (AvgIpc) is 2.26. The minimum atomic E-state index is -1.03. The van der Waals surface area contributed by atoms with Crippen LogP contribution in [-0.2, 0) is 4.79 Å². The Balaban J connectivity index is 2.58. The number of carboxylic acid groups (broad SMARTS) is 1. The number of nitrogens with one attached hydrogen (secondary N) is 1.